The van der Waals surface area contributed by atoms with Gasteiger partial charge in [0.1, 0.15) is 5.75 Å². The number of hydrogen-bond acceptors (Lipinski definition) is 4. The minimum Gasteiger partial charge on any atom is -0.497 e. The average molecular weight is 403 g/mol. The maximum absolute atomic E-state index is 13.4. The number of benzene rings is 1. The molecule has 0 spiro atoms. The summed E-state index contributed by atoms with van der Waals surface area (Å²) in [5.74, 6) is 0.641. The van der Waals surface area contributed by atoms with Crippen molar-refractivity contribution in [1.29, 1.82) is 0 Å². The highest BCUT2D eigenvalue weighted by Crippen LogP contribution is 2.35. The van der Waals surface area contributed by atoms with E-state index >= 15 is 0 Å². The normalized spacial score (nSPS) is 23.2. The van der Waals surface area contributed by atoms with Crippen molar-refractivity contribution >= 4 is 11.9 Å². The molecule has 1 aromatic carbocycles. The van der Waals surface area contributed by atoms with Gasteiger partial charge in [-0.25, -0.2) is 4.79 Å². The van der Waals surface area contributed by atoms with Crippen LogP contribution in [0.25, 0.3) is 0 Å². The van der Waals surface area contributed by atoms with Gasteiger partial charge in [0.15, 0.2) is 0 Å². The van der Waals surface area contributed by atoms with Crippen LogP contribution >= 0.6 is 0 Å². The smallest absolute Gasteiger partial charge is 0.317 e. The summed E-state index contributed by atoms with van der Waals surface area (Å²) in [7, 11) is 3.72. The topological polar surface area (TPSA) is 65.1 Å². The summed E-state index contributed by atoms with van der Waals surface area (Å²) in [6.45, 7) is 10.1. The van der Waals surface area contributed by atoms with Crippen LogP contribution < -0.4 is 10.1 Å². The van der Waals surface area contributed by atoms with Crippen molar-refractivity contribution < 1.29 is 14.3 Å². The van der Waals surface area contributed by atoms with Gasteiger partial charge in [0.25, 0.3) is 0 Å². The van der Waals surface area contributed by atoms with Gasteiger partial charge in [-0.3, -0.25) is 4.79 Å². The van der Waals surface area contributed by atoms with Gasteiger partial charge in [0.2, 0.25) is 5.91 Å². The first-order chi connectivity index (χ1) is 13.7. The van der Waals surface area contributed by atoms with Crippen molar-refractivity contribution in [1.82, 2.24) is 20.0 Å². The highest BCUT2D eigenvalue weighted by atomic mass is 16.5. The number of urea groups is 1. The lowest BCUT2D eigenvalue weighted by Gasteiger charge is -2.35. The summed E-state index contributed by atoms with van der Waals surface area (Å²) < 4.78 is 5.38. The lowest BCUT2D eigenvalue weighted by Crippen LogP contribution is -2.50. The second-order valence-corrected chi connectivity index (χ2v) is 9.20. The maximum Gasteiger partial charge on any atom is 0.317 e. The molecular formula is C22H34N4O3. The number of rotatable bonds is 3. The molecule has 7 nitrogen and oxygen atoms in total. The third-order valence-corrected chi connectivity index (χ3v) is 5.74. The number of nitrogens with one attached hydrogen (secondary N) is 1. The van der Waals surface area contributed by atoms with E-state index in [4.69, 9.17) is 4.74 Å². The van der Waals surface area contributed by atoms with Crippen LogP contribution in [0.1, 0.15) is 32.3 Å². The molecule has 160 valence electrons. The number of likely N-dealkylation sites (tertiary alicyclic amines) is 1. The number of piperazine rings is 1. The predicted octanol–water partition coefficient (Wildman–Crippen LogP) is 1.99. The Hall–Kier alpha value is -2.28. The third-order valence-electron chi connectivity index (χ3n) is 5.74. The fraction of sp³-hybridized carbons (Fsp3) is 0.636. The summed E-state index contributed by atoms with van der Waals surface area (Å²) in [6.07, 6.45) is 0. The average Bonchev–Trinajstić information content (AvgIpc) is 3.12. The molecule has 0 radical (unpaired) electrons. The van der Waals surface area contributed by atoms with Crippen molar-refractivity contribution in [2.75, 3.05) is 53.4 Å². The molecule has 0 aliphatic carbocycles. The maximum atomic E-state index is 13.4. The molecule has 7 heteroatoms. The van der Waals surface area contributed by atoms with Crippen LogP contribution in [0.3, 0.4) is 0 Å². The van der Waals surface area contributed by atoms with Crippen LogP contribution in [-0.2, 0) is 4.79 Å². The van der Waals surface area contributed by atoms with Crippen molar-refractivity contribution in [3.05, 3.63) is 29.8 Å². The zero-order chi connectivity index (χ0) is 21.2. The fourth-order valence-electron chi connectivity index (χ4n) is 4.09. The molecule has 1 N–H and O–H groups in total. The van der Waals surface area contributed by atoms with E-state index in [1.807, 2.05) is 49.9 Å². The molecule has 1 aromatic rings. The fourth-order valence-corrected chi connectivity index (χ4v) is 4.09. The van der Waals surface area contributed by atoms with E-state index in [-0.39, 0.29) is 29.3 Å². The molecule has 0 saturated carbocycles. The molecule has 3 amide bonds. The Kier molecular flexibility index (Phi) is 6.36. The van der Waals surface area contributed by atoms with Crippen LogP contribution in [0, 0.1) is 5.92 Å². The number of hydrogen-bond donors (Lipinski definition) is 1. The van der Waals surface area contributed by atoms with Gasteiger partial charge < -0.3 is 24.8 Å². The summed E-state index contributed by atoms with van der Waals surface area (Å²) >= 11 is 0. The first-order valence-corrected chi connectivity index (χ1v) is 10.4. The molecule has 2 heterocycles. The van der Waals surface area contributed by atoms with E-state index < -0.39 is 0 Å². The Morgan fingerprint density at radius 2 is 1.76 bits per heavy atom. The minimum absolute atomic E-state index is 0.0389. The molecule has 2 aliphatic rings. The Morgan fingerprint density at radius 3 is 2.38 bits per heavy atom. The molecule has 2 atom stereocenters. The Labute approximate surface area is 174 Å². The lowest BCUT2D eigenvalue weighted by molar-refractivity contribution is -0.137. The number of nitrogens with zero attached hydrogens (tertiary/aromatic N) is 3. The molecule has 2 unspecified atom stereocenters. The monoisotopic (exact) mass is 402 g/mol. The first-order valence-electron chi connectivity index (χ1n) is 10.4. The van der Waals surface area contributed by atoms with E-state index in [1.165, 1.54) is 0 Å². The van der Waals surface area contributed by atoms with Crippen LogP contribution in [0.2, 0.25) is 0 Å². The second kappa shape index (κ2) is 8.61. The highest BCUT2D eigenvalue weighted by molar-refractivity contribution is 5.83. The molecular weight excluding hydrogens is 368 g/mol. The van der Waals surface area contributed by atoms with E-state index in [0.717, 1.165) is 37.5 Å². The molecule has 2 aliphatic heterocycles. The quantitative estimate of drug-likeness (QED) is 0.840. The largest absolute Gasteiger partial charge is 0.497 e. The SMILES string of the molecule is COc1cccc(C2CN(C(=O)NC(C)(C)C)CC2C(=O)N2CCN(C)CC2)c1. The van der Waals surface area contributed by atoms with E-state index in [9.17, 15) is 9.59 Å². The Bertz CT molecular complexity index is 738. The highest BCUT2D eigenvalue weighted by Gasteiger charge is 2.43. The van der Waals surface area contributed by atoms with Crippen molar-refractivity contribution in [2.45, 2.75) is 32.2 Å². The number of amides is 3. The second-order valence-electron chi connectivity index (χ2n) is 9.20. The lowest BCUT2D eigenvalue weighted by atomic mass is 9.87. The van der Waals surface area contributed by atoms with Crippen LogP contribution in [0.4, 0.5) is 4.79 Å². The summed E-state index contributed by atoms with van der Waals surface area (Å²) in [5.41, 5.74) is 0.727. The molecule has 0 aromatic heterocycles. The van der Waals surface area contributed by atoms with E-state index in [0.29, 0.717) is 13.1 Å². The Morgan fingerprint density at radius 1 is 1.07 bits per heavy atom. The number of ether oxygens (including phenoxy) is 1. The molecule has 2 saturated heterocycles. The summed E-state index contributed by atoms with van der Waals surface area (Å²) in [4.78, 5) is 32.2. The van der Waals surface area contributed by atoms with Gasteiger partial charge in [-0.05, 0) is 45.5 Å². The number of likely N-dealkylation sites (N-methyl/N-ethyl adjacent to an activating group) is 1. The minimum atomic E-state index is -0.317. The van der Waals surface area contributed by atoms with Crippen molar-refractivity contribution in [2.24, 2.45) is 5.92 Å². The van der Waals surface area contributed by atoms with Gasteiger partial charge in [0, 0.05) is 50.7 Å². The van der Waals surface area contributed by atoms with E-state index in [2.05, 4.69) is 17.3 Å². The van der Waals surface area contributed by atoms with Gasteiger partial charge in [-0.15, -0.1) is 0 Å². The van der Waals surface area contributed by atoms with Gasteiger partial charge in [0.05, 0.1) is 13.0 Å². The van der Waals surface area contributed by atoms with Gasteiger partial charge >= 0.3 is 6.03 Å². The van der Waals surface area contributed by atoms with Crippen LogP contribution in [-0.4, -0.2) is 85.6 Å². The summed E-state index contributed by atoms with van der Waals surface area (Å²) in [6, 6.07) is 7.76. The van der Waals surface area contributed by atoms with Crippen molar-refractivity contribution in [3.8, 4) is 5.75 Å². The molecule has 29 heavy (non-hydrogen) atoms. The molecule has 2 fully saturated rings. The van der Waals surface area contributed by atoms with E-state index in [1.54, 1.807) is 12.0 Å². The van der Waals surface area contributed by atoms with Crippen LogP contribution in [0.5, 0.6) is 5.75 Å². The predicted molar refractivity (Wildman–Crippen MR) is 113 cm³/mol. The van der Waals surface area contributed by atoms with Gasteiger partial charge in [-0.1, -0.05) is 12.1 Å². The molecule has 3 rings (SSSR count). The van der Waals surface area contributed by atoms with Crippen molar-refractivity contribution in [3.63, 3.8) is 0 Å². The number of carbonyl (C=O) groups excluding carboxylic acids is 2. The zero-order valence-electron chi connectivity index (χ0n) is 18.3. The Balaban J connectivity index is 1.83. The standard InChI is InChI=1S/C22H34N4O3/c1-22(2,3)23-21(28)26-14-18(16-7-6-8-17(13-16)29-5)19(15-26)20(27)25-11-9-24(4)10-12-25/h6-8,13,18-19H,9-12,14-15H2,1-5H3,(H,23,28). The first kappa shape index (κ1) is 21.4. The van der Waals surface area contributed by atoms with Gasteiger partial charge in [-0.2, -0.15) is 0 Å². The number of methoxy groups -OCH3 is 1. The third kappa shape index (κ3) is 5.21. The summed E-state index contributed by atoms with van der Waals surface area (Å²) in [5, 5.41) is 3.03. The zero-order valence-corrected chi connectivity index (χ0v) is 18.3. The van der Waals surface area contributed by atoms with Crippen LogP contribution in [0.15, 0.2) is 24.3 Å². The molecule has 0 bridgehead atoms. The number of carbonyl (C=O) groups is 2.